The Morgan fingerprint density at radius 3 is 1.25 bits per heavy atom. The van der Waals surface area contributed by atoms with E-state index < -0.39 is 18.2 Å². The van der Waals surface area contributed by atoms with Gasteiger partial charge in [0, 0.05) is 6.42 Å². The lowest BCUT2D eigenvalue weighted by molar-refractivity contribution is -0.151. The van der Waals surface area contributed by atoms with Crippen LogP contribution < -0.4 is 5.32 Å². The van der Waals surface area contributed by atoms with Crippen molar-refractivity contribution in [3.63, 3.8) is 0 Å². The van der Waals surface area contributed by atoms with Crippen LogP contribution in [0.2, 0.25) is 0 Å². The molecule has 3 unspecified atom stereocenters. The molecule has 0 aromatic rings. The Kier molecular flexibility index (Phi) is 50.0. The third-order valence-corrected chi connectivity index (χ3v) is 12.8. The monoisotopic (exact) mass is 898 g/mol. The number of amides is 1. The second-order valence-corrected chi connectivity index (χ2v) is 19.1. The Hall–Kier alpha value is -2.18. The van der Waals surface area contributed by atoms with Crippen molar-refractivity contribution in [2.24, 2.45) is 0 Å². The molecule has 6 nitrogen and oxygen atoms in total. The van der Waals surface area contributed by atoms with Crippen LogP contribution in [0.1, 0.15) is 284 Å². The van der Waals surface area contributed by atoms with Crippen molar-refractivity contribution >= 4 is 11.9 Å². The predicted octanol–water partition coefficient (Wildman–Crippen LogP) is 17.0. The van der Waals surface area contributed by atoms with E-state index in [4.69, 9.17) is 4.74 Å². The molecule has 374 valence electrons. The number of hydrogen-bond acceptors (Lipinski definition) is 5. The minimum absolute atomic E-state index is 0.0345. The Bertz CT molecular complexity index is 1100. The third-order valence-electron chi connectivity index (χ3n) is 12.8. The first kappa shape index (κ1) is 61.8. The number of allylic oxidation sites excluding steroid dienone is 8. The molecule has 0 aliphatic heterocycles. The summed E-state index contributed by atoms with van der Waals surface area (Å²) in [5.74, 6) is -0.530. The summed E-state index contributed by atoms with van der Waals surface area (Å²) in [7, 11) is 0. The molecule has 0 fully saturated rings. The lowest BCUT2D eigenvalue weighted by Gasteiger charge is -2.24. The summed E-state index contributed by atoms with van der Waals surface area (Å²) in [6.45, 7) is 6.35. The topological polar surface area (TPSA) is 95.9 Å². The van der Waals surface area contributed by atoms with Gasteiger partial charge in [-0.1, -0.05) is 281 Å². The number of unbranched alkanes of at least 4 members (excludes halogenated alkanes) is 33. The Labute approximate surface area is 397 Å². The quantitative estimate of drug-likeness (QED) is 0.0321. The highest BCUT2D eigenvalue weighted by Gasteiger charge is 2.24. The molecule has 0 saturated heterocycles. The number of nitrogens with one attached hydrogen (secondary N) is 1. The number of carbonyl (C=O) groups is 2. The van der Waals surface area contributed by atoms with Crippen LogP contribution in [0.5, 0.6) is 0 Å². The first-order valence-corrected chi connectivity index (χ1v) is 27.9. The molecule has 0 bridgehead atoms. The molecule has 0 aliphatic rings. The fraction of sp³-hybridized carbons (Fsp3) is 0.828. The van der Waals surface area contributed by atoms with Gasteiger partial charge in [-0.25, -0.2) is 0 Å². The highest BCUT2D eigenvalue weighted by molar-refractivity contribution is 5.77. The van der Waals surface area contributed by atoms with Gasteiger partial charge in [0.25, 0.3) is 0 Å². The molecule has 3 atom stereocenters. The maximum Gasteiger partial charge on any atom is 0.306 e. The lowest BCUT2D eigenvalue weighted by atomic mass is 10.0. The van der Waals surface area contributed by atoms with Crippen molar-refractivity contribution < 1.29 is 24.5 Å². The molecular weight excluding hydrogens is 791 g/mol. The number of esters is 1. The highest BCUT2D eigenvalue weighted by atomic mass is 16.5. The van der Waals surface area contributed by atoms with E-state index in [2.05, 4.69) is 38.2 Å². The van der Waals surface area contributed by atoms with Crippen LogP contribution >= 0.6 is 0 Å². The normalized spacial score (nSPS) is 13.5. The average molecular weight is 898 g/mol. The molecule has 0 saturated carbocycles. The van der Waals surface area contributed by atoms with Gasteiger partial charge in [-0.05, 0) is 38.5 Å². The van der Waals surface area contributed by atoms with Crippen molar-refractivity contribution in [3.8, 4) is 0 Å². The van der Waals surface area contributed by atoms with E-state index in [1.165, 1.54) is 180 Å². The second-order valence-electron chi connectivity index (χ2n) is 19.1. The minimum Gasteiger partial charge on any atom is -0.462 e. The van der Waals surface area contributed by atoms with Crippen molar-refractivity contribution in [2.75, 3.05) is 6.61 Å². The molecule has 3 N–H and O–H groups in total. The van der Waals surface area contributed by atoms with E-state index in [9.17, 15) is 19.8 Å². The fourth-order valence-corrected chi connectivity index (χ4v) is 8.57. The SMILES string of the molecule is CC/C=C/C=C/C=C\C=C/CCCC(CC(=O)NC(CO)C(O)CCCCCCCCCCCCCCCCCC)OC(=O)CCCCCCCCCCCCCCCCCCCC. The zero-order chi connectivity index (χ0) is 46.7. The molecule has 0 rings (SSSR count). The molecule has 64 heavy (non-hydrogen) atoms. The first-order valence-electron chi connectivity index (χ1n) is 27.9. The van der Waals surface area contributed by atoms with Gasteiger partial charge in [-0.15, -0.1) is 0 Å². The number of carbonyl (C=O) groups excluding carboxylic acids is 2. The summed E-state index contributed by atoms with van der Waals surface area (Å²) in [5.41, 5.74) is 0. The predicted molar refractivity (Wildman–Crippen MR) is 278 cm³/mol. The number of rotatable bonds is 50. The van der Waals surface area contributed by atoms with Crippen molar-refractivity contribution in [1.82, 2.24) is 5.32 Å². The molecule has 6 heteroatoms. The Morgan fingerprint density at radius 2 is 0.844 bits per heavy atom. The number of aliphatic hydroxyl groups excluding tert-OH is 2. The van der Waals surface area contributed by atoms with Crippen LogP contribution in [0.4, 0.5) is 0 Å². The van der Waals surface area contributed by atoms with Gasteiger partial charge in [0.1, 0.15) is 6.10 Å². The third kappa shape index (κ3) is 46.4. The molecule has 0 radical (unpaired) electrons. The van der Waals surface area contributed by atoms with E-state index >= 15 is 0 Å². The summed E-state index contributed by atoms with van der Waals surface area (Å²) < 4.78 is 5.91. The number of aliphatic hydroxyl groups is 2. The summed E-state index contributed by atoms with van der Waals surface area (Å²) in [6, 6.07) is -0.721. The smallest absolute Gasteiger partial charge is 0.306 e. The standard InChI is InChI=1S/C58H107NO5/c1-4-7-10-13-16-19-22-24-26-28-29-31-33-36-39-42-45-48-51-58(63)64-54(49-46-43-40-37-34-21-18-15-12-9-6-3)52-57(62)59-55(53-60)56(61)50-47-44-41-38-35-32-30-27-25-23-20-17-14-11-8-5-2/h9,12,15,18,21,34,37,40,54-56,60-61H,4-8,10-11,13-14,16-17,19-20,22-33,35-36,38-39,41-53H2,1-3H3,(H,59,62)/b12-9+,18-15+,34-21-,40-37-. The first-order chi connectivity index (χ1) is 31.5. The zero-order valence-electron chi connectivity index (χ0n) is 42.7. The number of ether oxygens (including phenoxy) is 1. The maximum absolute atomic E-state index is 13.2. The molecular formula is C58H107NO5. The Morgan fingerprint density at radius 1 is 0.469 bits per heavy atom. The zero-order valence-corrected chi connectivity index (χ0v) is 42.7. The molecule has 0 aliphatic carbocycles. The van der Waals surface area contributed by atoms with Crippen LogP contribution in [0.25, 0.3) is 0 Å². The maximum atomic E-state index is 13.2. The Balaban J connectivity index is 4.48. The van der Waals surface area contributed by atoms with E-state index in [0.717, 1.165) is 57.8 Å². The van der Waals surface area contributed by atoms with E-state index in [-0.39, 0.29) is 24.9 Å². The van der Waals surface area contributed by atoms with Gasteiger partial charge in [0.15, 0.2) is 0 Å². The van der Waals surface area contributed by atoms with E-state index in [1.54, 1.807) is 0 Å². The molecule has 0 spiro atoms. The molecule has 1 amide bonds. The van der Waals surface area contributed by atoms with Crippen LogP contribution in [0.15, 0.2) is 48.6 Å². The summed E-state index contributed by atoms with van der Waals surface area (Å²) in [4.78, 5) is 26.2. The second kappa shape index (κ2) is 51.8. The molecule has 0 aromatic carbocycles. The van der Waals surface area contributed by atoms with Gasteiger partial charge in [-0.2, -0.15) is 0 Å². The van der Waals surface area contributed by atoms with Crippen molar-refractivity contribution in [2.45, 2.75) is 302 Å². The van der Waals surface area contributed by atoms with Crippen molar-refractivity contribution in [1.29, 1.82) is 0 Å². The van der Waals surface area contributed by atoms with Crippen molar-refractivity contribution in [3.05, 3.63) is 48.6 Å². The summed E-state index contributed by atoms with van der Waals surface area (Å²) >= 11 is 0. The molecule has 0 aromatic heterocycles. The van der Waals surface area contributed by atoms with Gasteiger partial charge in [0.2, 0.25) is 5.91 Å². The van der Waals surface area contributed by atoms with Crippen LogP contribution in [0.3, 0.4) is 0 Å². The van der Waals surface area contributed by atoms with Gasteiger partial charge >= 0.3 is 5.97 Å². The molecule has 0 heterocycles. The van der Waals surface area contributed by atoms with Crippen LogP contribution in [-0.2, 0) is 14.3 Å². The fourth-order valence-electron chi connectivity index (χ4n) is 8.57. The average Bonchev–Trinajstić information content (AvgIpc) is 3.29. The van der Waals surface area contributed by atoms with Crippen LogP contribution in [-0.4, -0.2) is 46.9 Å². The van der Waals surface area contributed by atoms with Gasteiger partial charge < -0.3 is 20.3 Å². The van der Waals surface area contributed by atoms with E-state index in [0.29, 0.717) is 19.3 Å². The largest absolute Gasteiger partial charge is 0.462 e. The minimum atomic E-state index is -0.804. The summed E-state index contributed by atoms with van der Waals surface area (Å²) in [5, 5.41) is 23.8. The van der Waals surface area contributed by atoms with E-state index in [1.807, 2.05) is 36.5 Å². The number of hydrogen-bond donors (Lipinski definition) is 3. The highest BCUT2D eigenvalue weighted by Crippen LogP contribution is 2.18. The summed E-state index contributed by atoms with van der Waals surface area (Å²) in [6.07, 6.45) is 63.4. The van der Waals surface area contributed by atoms with Gasteiger partial charge in [0.05, 0.1) is 25.2 Å². The van der Waals surface area contributed by atoms with Crippen LogP contribution in [0, 0.1) is 0 Å². The lowest BCUT2D eigenvalue weighted by Crippen LogP contribution is -2.46. The van der Waals surface area contributed by atoms with Gasteiger partial charge in [-0.3, -0.25) is 9.59 Å².